The average Bonchev–Trinajstić information content (AvgIpc) is 2.88. The van der Waals surface area contributed by atoms with Gasteiger partial charge in [0.1, 0.15) is 11.4 Å². The van der Waals surface area contributed by atoms with Crippen LogP contribution in [0.25, 0.3) is 0 Å². The SMILES string of the molecule is Cn1ccc(C(=O)NC2CN(c3nccc(C(F)(F)F)n3)C2)n1. The van der Waals surface area contributed by atoms with Crippen molar-refractivity contribution in [2.24, 2.45) is 7.05 Å². The monoisotopic (exact) mass is 326 g/mol. The van der Waals surface area contributed by atoms with Crippen LogP contribution in [0.5, 0.6) is 0 Å². The van der Waals surface area contributed by atoms with Crippen molar-refractivity contribution in [3.8, 4) is 0 Å². The van der Waals surface area contributed by atoms with E-state index in [0.717, 1.165) is 12.3 Å². The van der Waals surface area contributed by atoms with E-state index in [1.54, 1.807) is 24.2 Å². The van der Waals surface area contributed by atoms with Gasteiger partial charge >= 0.3 is 6.18 Å². The van der Waals surface area contributed by atoms with Gasteiger partial charge in [-0.2, -0.15) is 18.3 Å². The first-order valence-electron chi connectivity index (χ1n) is 6.78. The second-order valence-corrected chi connectivity index (χ2v) is 5.19. The van der Waals surface area contributed by atoms with Gasteiger partial charge in [-0.05, 0) is 12.1 Å². The fourth-order valence-electron chi connectivity index (χ4n) is 2.19. The van der Waals surface area contributed by atoms with Gasteiger partial charge < -0.3 is 10.2 Å². The standard InChI is InChI=1S/C13H13F3N6O/c1-21-5-3-9(20-21)11(23)18-8-6-22(7-8)12-17-4-2-10(19-12)13(14,15)16/h2-5,8H,6-7H2,1H3,(H,18,23). The van der Waals surface area contributed by atoms with E-state index in [1.165, 1.54) is 4.68 Å². The Morgan fingerprint density at radius 1 is 1.35 bits per heavy atom. The van der Waals surface area contributed by atoms with Crippen molar-refractivity contribution in [2.75, 3.05) is 18.0 Å². The van der Waals surface area contributed by atoms with Crippen molar-refractivity contribution < 1.29 is 18.0 Å². The summed E-state index contributed by atoms with van der Waals surface area (Å²) < 4.78 is 39.4. The molecule has 1 amide bonds. The second kappa shape index (κ2) is 5.52. The smallest absolute Gasteiger partial charge is 0.344 e. The van der Waals surface area contributed by atoms with Gasteiger partial charge in [-0.1, -0.05) is 0 Å². The molecule has 1 aliphatic heterocycles. The Kier molecular flexibility index (Phi) is 3.66. The highest BCUT2D eigenvalue weighted by Gasteiger charge is 2.35. The van der Waals surface area contributed by atoms with Gasteiger partial charge in [0.05, 0.1) is 6.04 Å². The Balaban J connectivity index is 1.58. The Hall–Kier alpha value is -2.65. The number of hydrogen-bond donors (Lipinski definition) is 1. The molecule has 0 atom stereocenters. The quantitative estimate of drug-likeness (QED) is 0.905. The van der Waals surface area contributed by atoms with Crippen molar-refractivity contribution in [3.05, 3.63) is 35.9 Å². The molecule has 23 heavy (non-hydrogen) atoms. The number of hydrogen-bond acceptors (Lipinski definition) is 5. The number of carbonyl (C=O) groups is 1. The molecule has 122 valence electrons. The lowest BCUT2D eigenvalue weighted by Crippen LogP contribution is -2.60. The number of aromatic nitrogens is 4. The van der Waals surface area contributed by atoms with Crippen molar-refractivity contribution >= 4 is 11.9 Å². The molecule has 3 rings (SSSR count). The molecular formula is C13H13F3N6O. The lowest BCUT2D eigenvalue weighted by molar-refractivity contribution is -0.141. The minimum Gasteiger partial charge on any atom is -0.344 e. The van der Waals surface area contributed by atoms with E-state index in [1.807, 2.05) is 0 Å². The summed E-state index contributed by atoms with van der Waals surface area (Å²) in [5.41, 5.74) is -0.690. The molecule has 3 heterocycles. The van der Waals surface area contributed by atoms with Gasteiger partial charge in [0.2, 0.25) is 5.95 Å². The van der Waals surface area contributed by atoms with E-state index < -0.39 is 11.9 Å². The molecule has 10 heteroatoms. The van der Waals surface area contributed by atoms with E-state index in [2.05, 4.69) is 20.4 Å². The van der Waals surface area contributed by atoms with Crippen LogP contribution in [0, 0.1) is 0 Å². The van der Waals surface area contributed by atoms with Gasteiger partial charge in [0.25, 0.3) is 5.91 Å². The lowest BCUT2D eigenvalue weighted by atomic mass is 10.1. The second-order valence-electron chi connectivity index (χ2n) is 5.19. The minimum atomic E-state index is -4.50. The zero-order chi connectivity index (χ0) is 16.6. The van der Waals surface area contributed by atoms with Crippen LogP contribution in [-0.2, 0) is 13.2 Å². The number of anilines is 1. The molecule has 2 aromatic rings. The van der Waals surface area contributed by atoms with Crippen LogP contribution in [0.2, 0.25) is 0 Å². The third kappa shape index (κ3) is 3.25. The normalized spacial score (nSPS) is 15.4. The van der Waals surface area contributed by atoms with Crippen LogP contribution in [0.4, 0.5) is 19.1 Å². The summed E-state index contributed by atoms with van der Waals surface area (Å²) in [6.45, 7) is 0.694. The minimum absolute atomic E-state index is 0.00293. The summed E-state index contributed by atoms with van der Waals surface area (Å²) in [7, 11) is 1.70. The maximum atomic E-state index is 12.6. The summed E-state index contributed by atoms with van der Waals surface area (Å²) in [4.78, 5) is 20.8. The van der Waals surface area contributed by atoms with Crippen LogP contribution in [0.3, 0.4) is 0 Å². The molecule has 0 radical (unpaired) electrons. The van der Waals surface area contributed by atoms with Crippen LogP contribution in [0.1, 0.15) is 16.2 Å². The molecule has 0 aromatic carbocycles. The van der Waals surface area contributed by atoms with Crippen LogP contribution >= 0.6 is 0 Å². The first-order chi connectivity index (χ1) is 10.8. The molecule has 1 saturated heterocycles. The summed E-state index contributed by atoms with van der Waals surface area (Å²) in [5.74, 6) is -0.316. The molecule has 0 unspecified atom stereocenters. The molecular weight excluding hydrogens is 313 g/mol. The molecule has 0 saturated carbocycles. The van der Waals surface area contributed by atoms with Gasteiger partial charge in [-0.25, -0.2) is 9.97 Å². The van der Waals surface area contributed by atoms with E-state index in [-0.39, 0.29) is 17.9 Å². The number of rotatable bonds is 3. The zero-order valence-electron chi connectivity index (χ0n) is 12.1. The zero-order valence-corrected chi connectivity index (χ0v) is 12.1. The number of halogens is 3. The predicted molar refractivity (Wildman–Crippen MR) is 73.7 cm³/mol. The fourth-order valence-corrected chi connectivity index (χ4v) is 2.19. The van der Waals surface area contributed by atoms with Gasteiger partial charge in [-0.3, -0.25) is 9.48 Å². The maximum absolute atomic E-state index is 12.6. The first kappa shape index (κ1) is 15.3. The summed E-state index contributed by atoms with van der Waals surface area (Å²) in [6.07, 6.45) is -1.78. The number of nitrogens with zero attached hydrogens (tertiary/aromatic N) is 5. The molecule has 1 N–H and O–H groups in total. The Morgan fingerprint density at radius 2 is 2.09 bits per heavy atom. The molecule has 1 aliphatic rings. The highest BCUT2D eigenvalue weighted by atomic mass is 19.4. The molecule has 0 spiro atoms. The summed E-state index contributed by atoms with van der Waals surface area (Å²) in [5, 5.41) is 6.74. The fraction of sp³-hybridized carbons (Fsp3) is 0.385. The molecule has 1 fully saturated rings. The number of alkyl halides is 3. The Labute approximate surface area is 129 Å². The van der Waals surface area contributed by atoms with Gasteiger partial charge in [-0.15, -0.1) is 0 Å². The van der Waals surface area contributed by atoms with Crippen molar-refractivity contribution in [2.45, 2.75) is 12.2 Å². The highest BCUT2D eigenvalue weighted by molar-refractivity contribution is 5.92. The van der Waals surface area contributed by atoms with Crippen molar-refractivity contribution in [1.29, 1.82) is 0 Å². The van der Waals surface area contributed by atoms with E-state index >= 15 is 0 Å². The van der Waals surface area contributed by atoms with Gasteiger partial charge in [0.15, 0.2) is 0 Å². The summed E-state index contributed by atoms with van der Waals surface area (Å²) >= 11 is 0. The van der Waals surface area contributed by atoms with Gasteiger partial charge in [0, 0.05) is 32.5 Å². The Morgan fingerprint density at radius 3 is 2.70 bits per heavy atom. The maximum Gasteiger partial charge on any atom is 0.433 e. The largest absolute Gasteiger partial charge is 0.433 e. The van der Waals surface area contributed by atoms with Crippen LogP contribution in [-0.4, -0.2) is 44.8 Å². The van der Waals surface area contributed by atoms with E-state index in [4.69, 9.17) is 0 Å². The average molecular weight is 326 g/mol. The highest BCUT2D eigenvalue weighted by Crippen LogP contribution is 2.28. The van der Waals surface area contributed by atoms with Crippen molar-refractivity contribution in [1.82, 2.24) is 25.1 Å². The Bertz CT molecular complexity index is 722. The number of carbonyl (C=O) groups excluding carboxylic acids is 1. The topological polar surface area (TPSA) is 75.9 Å². The molecule has 7 nitrogen and oxygen atoms in total. The lowest BCUT2D eigenvalue weighted by Gasteiger charge is -2.39. The molecule has 0 bridgehead atoms. The number of amides is 1. The number of aryl methyl sites for hydroxylation is 1. The first-order valence-corrected chi connectivity index (χ1v) is 6.78. The van der Waals surface area contributed by atoms with Crippen LogP contribution < -0.4 is 10.2 Å². The van der Waals surface area contributed by atoms with E-state index in [0.29, 0.717) is 18.8 Å². The van der Waals surface area contributed by atoms with Crippen LogP contribution in [0.15, 0.2) is 24.5 Å². The third-order valence-corrected chi connectivity index (χ3v) is 3.38. The summed E-state index contributed by atoms with van der Waals surface area (Å²) in [6, 6.07) is 2.23. The third-order valence-electron chi connectivity index (χ3n) is 3.38. The predicted octanol–water partition coefficient (Wildman–Crippen LogP) is 0.847. The number of nitrogens with one attached hydrogen (secondary N) is 1. The van der Waals surface area contributed by atoms with Crippen molar-refractivity contribution in [3.63, 3.8) is 0 Å². The molecule has 2 aromatic heterocycles. The molecule has 0 aliphatic carbocycles. The van der Waals surface area contributed by atoms with E-state index in [9.17, 15) is 18.0 Å².